The fraction of sp³-hybridized carbons (Fsp3) is 0.667. The number of carboxylic acids is 4. The third-order valence-electron chi connectivity index (χ3n) is 2.68. The lowest BCUT2D eigenvalue weighted by Crippen LogP contribution is -2.59. The number of hydrogen-bond acceptors (Lipinski definition) is 8. The highest BCUT2D eigenvalue weighted by atomic mass is 28.4. The molecule has 0 aliphatic rings. The average Bonchev–Trinajstić information content (AvgIpc) is 2.46. The van der Waals surface area contributed by atoms with Crippen LogP contribution in [0.2, 0.25) is 0 Å². The maximum atomic E-state index is 11.0. The Hall–Kier alpha value is -2.06. The monoisotopic (exact) mass is 384 g/mol. The number of carboxylic acid groups (broad SMARTS) is 4. The van der Waals surface area contributed by atoms with Gasteiger partial charge in [-0.15, -0.1) is 0 Å². The Bertz CT molecular complexity index is 427. The summed E-state index contributed by atoms with van der Waals surface area (Å²) < 4.78 is 20.2. The third-order valence-corrected chi connectivity index (χ3v) is 5.24. The van der Waals surface area contributed by atoms with Gasteiger partial charge >= 0.3 is 32.9 Å². The lowest BCUT2D eigenvalue weighted by Gasteiger charge is -2.33. The standard InChI is InChI=1S/C12H20O12Si/c1-5(9(13)14)21-25(22-6(2)10(15)16,23-7(3)11(17)18)24-8(4)12(19)20/h5-8H,1-4H3,(H,13,14)(H,15,16)(H,17,18)(H,19,20). The summed E-state index contributed by atoms with van der Waals surface area (Å²) in [6, 6.07) is 0. The molecule has 4 N–H and O–H groups in total. The highest BCUT2D eigenvalue weighted by molar-refractivity contribution is 6.54. The Morgan fingerprint density at radius 3 is 0.840 bits per heavy atom. The van der Waals surface area contributed by atoms with Crippen LogP contribution in [-0.4, -0.2) is 77.8 Å². The van der Waals surface area contributed by atoms with Gasteiger partial charge < -0.3 is 38.1 Å². The molecule has 0 heterocycles. The third kappa shape index (κ3) is 7.57. The van der Waals surface area contributed by atoms with E-state index in [0.717, 1.165) is 27.7 Å². The molecule has 0 amide bonds. The van der Waals surface area contributed by atoms with Crippen molar-refractivity contribution in [3.63, 3.8) is 0 Å². The van der Waals surface area contributed by atoms with E-state index in [2.05, 4.69) is 0 Å². The molecule has 0 aromatic carbocycles. The zero-order chi connectivity index (χ0) is 19.9. The van der Waals surface area contributed by atoms with Crippen molar-refractivity contribution < 1.29 is 57.3 Å². The maximum absolute atomic E-state index is 11.0. The summed E-state index contributed by atoms with van der Waals surface area (Å²) >= 11 is 0. The number of aliphatic carboxylic acids is 4. The van der Waals surface area contributed by atoms with Gasteiger partial charge in [0.05, 0.1) is 0 Å². The molecule has 0 aliphatic heterocycles. The van der Waals surface area contributed by atoms with Gasteiger partial charge in [0.2, 0.25) is 0 Å². The van der Waals surface area contributed by atoms with Crippen LogP contribution < -0.4 is 0 Å². The molecule has 0 radical (unpaired) electrons. The molecule has 0 spiro atoms. The number of hydrogen-bond donors (Lipinski definition) is 4. The zero-order valence-corrected chi connectivity index (χ0v) is 14.9. The van der Waals surface area contributed by atoms with Gasteiger partial charge in [-0.25, -0.2) is 19.2 Å². The van der Waals surface area contributed by atoms with E-state index in [0.29, 0.717) is 0 Å². The molecule has 0 fully saturated rings. The van der Waals surface area contributed by atoms with Gasteiger partial charge in [0, 0.05) is 0 Å². The van der Waals surface area contributed by atoms with Crippen LogP contribution in [0.5, 0.6) is 0 Å². The predicted octanol–water partition coefficient (Wildman–Crippen LogP) is -0.619. The van der Waals surface area contributed by atoms with E-state index in [1.54, 1.807) is 0 Å². The average molecular weight is 384 g/mol. The molecular formula is C12H20O12Si. The first-order chi connectivity index (χ1) is 11.3. The van der Waals surface area contributed by atoms with Crippen molar-refractivity contribution in [3.8, 4) is 0 Å². The molecule has 4 unspecified atom stereocenters. The second-order valence-electron chi connectivity index (χ2n) is 4.89. The van der Waals surface area contributed by atoms with Gasteiger partial charge in [0.1, 0.15) is 24.4 Å². The van der Waals surface area contributed by atoms with Crippen LogP contribution in [0, 0.1) is 0 Å². The molecule has 0 aromatic rings. The van der Waals surface area contributed by atoms with Crippen molar-refractivity contribution in [1.29, 1.82) is 0 Å². The van der Waals surface area contributed by atoms with Crippen molar-refractivity contribution in [1.82, 2.24) is 0 Å². The first-order valence-electron chi connectivity index (χ1n) is 6.93. The van der Waals surface area contributed by atoms with Gasteiger partial charge in [0.15, 0.2) is 0 Å². The van der Waals surface area contributed by atoms with Gasteiger partial charge in [-0.05, 0) is 27.7 Å². The number of rotatable bonds is 12. The van der Waals surface area contributed by atoms with Gasteiger partial charge in [-0.2, -0.15) is 0 Å². The summed E-state index contributed by atoms with van der Waals surface area (Å²) in [4.78, 5) is 44.1. The van der Waals surface area contributed by atoms with Crippen LogP contribution in [-0.2, 0) is 36.9 Å². The summed E-state index contributed by atoms with van der Waals surface area (Å²) in [5.41, 5.74) is 0. The van der Waals surface area contributed by atoms with E-state index in [-0.39, 0.29) is 0 Å². The SMILES string of the molecule is CC(O[Si](OC(C)C(=O)O)(OC(C)C(=O)O)OC(C)C(=O)O)C(=O)O. The summed E-state index contributed by atoms with van der Waals surface area (Å²) in [6.45, 7) is 4.12. The molecule has 12 nitrogen and oxygen atoms in total. The Labute approximate surface area is 143 Å². The van der Waals surface area contributed by atoms with Crippen LogP contribution in [0.15, 0.2) is 0 Å². The van der Waals surface area contributed by atoms with E-state index < -0.39 is 57.3 Å². The first-order valence-corrected chi connectivity index (χ1v) is 8.57. The van der Waals surface area contributed by atoms with Crippen molar-refractivity contribution >= 4 is 32.9 Å². The minimum Gasteiger partial charge on any atom is -0.479 e. The van der Waals surface area contributed by atoms with Crippen LogP contribution in [0.25, 0.3) is 0 Å². The smallest absolute Gasteiger partial charge is 0.479 e. The molecule has 0 aliphatic carbocycles. The fourth-order valence-corrected chi connectivity index (χ4v) is 3.70. The van der Waals surface area contributed by atoms with E-state index >= 15 is 0 Å². The van der Waals surface area contributed by atoms with E-state index in [1.807, 2.05) is 0 Å². The predicted molar refractivity (Wildman–Crippen MR) is 78.5 cm³/mol. The second-order valence-corrected chi connectivity index (χ2v) is 6.84. The molecule has 0 saturated heterocycles. The molecule has 25 heavy (non-hydrogen) atoms. The molecule has 13 heteroatoms. The van der Waals surface area contributed by atoms with E-state index in [1.165, 1.54) is 0 Å². The molecule has 0 saturated carbocycles. The van der Waals surface area contributed by atoms with E-state index in [4.69, 9.17) is 38.1 Å². The highest BCUT2D eigenvalue weighted by Crippen LogP contribution is 2.21. The fourth-order valence-electron chi connectivity index (χ4n) is 1.23. The Kier molecular flexibility index (Phi) is 8.65. The Morgan fingerprint density at radius 2 is 0.720 bits per heavy atom. The molecule has 4 atom stereocenters. The molecule has 144 valence electrons. The highest BCUT2D eigenvalue weighted by Gasteiger charge is 2.54. The van der Waals surface area contributed by atoms with Gasteiger partial charge in [-0.1, -0.05) is 0 Å². The van der Waals surface area contributed by atoms with Crippen molar-refractivity contribution in [2.45, 2.75) is 52.1 Å². The summed E-state index contributed by atoms with van der Waals surface area (Å²) in [6.07, 6.45) is -6.63. The van der Waals surface area contributed by atoms with Crippen LogP contribution in [0.4, 0.5) is 0 Å². The molecule has 0 aromatic heterocycles. The number of carbonyl (C=O) groups is 4. The minimum atomic E-state index is -4.82. The van der Waals surface area contributed by atoms with Crippen LogP contribution >= 0.6 is 0 Å². The first kappa shape index (κ1) is 22.9. The molecule has 0 bridgehead atoms. The van der Waals surface area contributed by atoms with E-state index in [9.17, 15) is 19.2 Å². The summed E-state index contributed by atoms with van der Waals surface area (Å²) in [5.74, 6) is -6.05. The Morgan fingerprint density at radius 1 is 0.560 bits per heavy atom. The maximum Gasteiger partial charge on any atom is 0.682 e. The minimum absolute atomic E-state index is 1.03. The van der Waals surface area contributed by atoms with Gasteiger partial charge in [0.25, 0.3) is 0 Å². The normalized spacial score (nSPS) is 18.4. The summed E-state index contributed by atoms with van der Waals surface area (Å²) in [5, 5.41) is 35.8. The van der Waals surface area contributed by atoms with Crippen LogP contribution in [0.1, 0.15) is 27.7 Å². The summed E-state index contributed by atoms with van der Waals surface area (Å²) in [7, 11) is -4.82. The van der Waals surface area contributed by atoms with Crippen LogP contribution in [0.3, 0.4) is 0 Å². The topological polar surface area (TPSA) is 186 Å². The lowest BCUT2D eigenvalue weighted by atomic mass is 10.4. The molecular weight excluding hydrogens is 364 g/mol. The second kappa shape index (κ2) is 9.43. The Balaban J connectivity index is 5.87. The van der Waals surface area contributed by atoms with Crippen molar-refractivity contribution in [2.24, 2.45) is 0 Å². The largest absolute Gasteiger partial charge is 0.682 e. The molecule has 0 rings (SSSR count). The quantitative estimate of drug-likeness (QED) is 0.313. The van der Waals surface area contributed by atoms with Gasteiger partial charge in [-0.3, -0.25) is 0 Å². The zero-order valence-electron chi connectivity index (χ0n) is 13.9. The van der Waals surface area contributed by atoms with Crippen molar-refractivity contribution in [2.75, 3.05) is 0 Å². The lowest BCUT2D eigenvalue weighted by molar-refractivity contribution is -0.169. The van der Waals surface area contributed by atoms with Crippen molar-refractivity contribution in [3.05, 3.63) is 0 Å².